The molecule has 0 spiro atoms. The van der Waals surface area contributed by atoms with Crippen LogP contribution in [0.4, 0.5) is 0 Å². The molecule has 2 aromatic rings. The van der Waals surface area contributed by atoms with Crippen LogP contribution >= 0.6 is 0 Å². The molecule has 2 amide bonds. The molecule has 2 fully saturated rings. The number of hydrogen-bond donors (Lipinski definition) is 2. The van der Waals surface area contributed by atoms with Crippen molar-refractivity contribution in [1.82, 2.24) is 15.1 Å². The van der Waals surface area contributed by atoms with Gasteiger partial charge in [0.15, 0.2) is 0 Å². The number of likely N-dealkylation sites (tertiary alicyclic amines) is 2. The molecule has 2 aliphatic rings. The van der Waals surface area contributed by atoms with Crippen molar-refractivity contribution in [3.05, 3.63) is 70.8 Å². The molecule has 2 aliphatic heterocycles. The zero-order valence-corrected chi connectivity index (χ0v) is 20.8. The second-order valence-electron chi connectivity index (χ2n) is 10.5. The number of carbonyl (C=O) groups excluding carboxylic acids is 2. The number of nitrogens with one attached hydrogen (secondary N) is 1. The largest absolute Gasteiger partial charge is 0.381 e. The van der Waals surface area contributed by atoms with Crippen molar-refractivity contribution in [3.8, 4) is 0 Å². The van der Waals surface area contributed by atoms with E-state index in [1.165, 1.54) is 13.8 Å². The lowest BCUT2D eigenvalue weighted by atomic mass is 10.0. The zero-order valence-electron chi connectivity index (χ0n) is 20.8. The first kappa shape index (κ1) is 24.4. The molecule has 2 aromatic carbocycles. The van der Waals surface area contributed by atoms with Gasteiger partial charge in [0.05, 0.1) is 6.04 Å². The maximum absolute atomic E-state index is 13.2. The van der Waals surface area contributed by atoms with E-state index in [1.54, 1.807) is 0 Å². The number of aliphatic hydroxyl groups is 1. The Balaban J connectivity index is 1.34. The van der Waals surface area contributed by atoms with E-state index in [2.05, 4.69) is 10.2 Å². The lowest BCUT2D eigenvalue weighted by Crippen LogP contribution is -2.44. The van der Waals surface area contributed by atoms with Gasteiger partial charge >= 0.3 is 0 Å². The van der Waals surface area contributed by atoms with E-state index in [0.29, 0.717) is 11.8 Å². The van der Waals surface area contributed by atoms with E-state index in [4.69, 9.17) is 0 Å². The summed E-state index contributed by atoms with van der Waals surface area (Å²) in [5, 5.41) is 13.1. The highest BCUT2D eigenvalue weighted by Crippen LogP contribution is 2.33. The van der Waals surface area contributed by atoms with Crippen molar-refractivity contribution in [2.45, 2.75) is 45.8 Å². The highest BCUT2D eigenvalue weighted by atomic mass is 16.3. The summed E-state index contributed by atoms with van der Waals surface area (Å²) in [6, 6.07) is 15.8. The van der Waals surface area contributed by atoms with Gasteiger partial charge in [0.2, 0.25) is 0 Å². The molecule has 0 aliphatic carbocycles. The summed E-state index contributed by atoms with van der Waals surface area (Å²) >= 11 is 0. The van der Waals surface area contributed by atoms with Gasteiger partial charge in [-0.15, -0.1) is 0 Å². The number of nitrogens with zero attached hydrogens (tertiary/aromatic N) is 2. The molecule has 6 heteroatoms. The third-order valence-electron chi connectivity index (χ3n) is 7.34. The number of rotatable bonds is 7. The van der Waals surface area contributed by atoms with Crippen LogP contribution in [0.2, 0.25) is 0 Å². The van der Waals surface area contributed by atoms with Gasteiger partial charge in [-0.3, -0.25) is 9.59 Å². The Morgan fingerprint density at radius 3 is 2.12 bits per heavy atom. The van der Waals surface area contributed by atoms with E-state index in [9.17, 15) is 14.7 Å². The molecular weight excluding hydrogens is 426 g/mol. The summed E-state index contributed by atoms with van der Waals surface area (Å²) in [4.78, 5) is 30.2. The molecule has 4 rings (SSSR count). The predicted molar refractivity (Wildman–Crippen MR) is 133 cm³/mol. The monoisotopic (exact) mass is 463 g/mol. The fourth-order valence-corrected chi connectivity index (χ4v) is 5.40. The van der Waals surface area contributed by atoms with Crippen molar-refractivity contribution < 1.29 is 14.7 Å². The van der Waals surface area contributed by atoms with Crippen molar-refractivity contribution in [2.24, 2.45) is 11.8 Å². The number of fused-ring (bicyclic) bond motifs is 1. The van der Waals surface area contributed by atoms with Crippen molar-refractivity contribution in [1.29, 1.82) is 0 Å². The van der Waals surface area contributed by atoms with E-state index in [-0.39, 0.29) is 17.9 Å². The second kappa shape index (κ2) is 9.88. The maximum atomic E-state index is 13.2. The number of benzene rings is 2. The Morgan fingerprint density at radius 1 is 0.971 bits per heavy atom. The third-order valence-corrected chi connectivity index (χ3v) is 7.34. The van der Waals surface area contributed by atoms with Gasteiger partial charge in [-0.25, -0.2) is 0 Å². The molecule has 182 valence electrons. The molecule has 0 saturated carbocycles. The van der Waals surface area contributed by atoms with Gasteiger partial charge in [0.1, 0.15) is 5.60 Å². The van der Waals surface area contributed by atoms with Crippen LogP contribution in [0.5, 0.6) is 0 Å². The van der Waals surface area contributed by atoms with Crippen LogP contribution in [0.15, 0.2) is 48.5 Å². The summed E-state index contributed by atoms with van der Waals surface area (Å²) in [7, 11) is 0. The van der Waals surface area contributed by atoms with Crippen molar-refractivity contribution in [2.75, 3.05) is 32.7 Å². The molecule has 0 radical (unpaired) electrons. The molecular formula is C28H37N3O3. The van der Waals surface area contributed by atoms with Crippen LogP contribution in [-0.2, 0) is 4.79 Å². The average molecular weight is 464 g/mol. The van der Waals surface area contributed by atoms with Crippen LogP contribution in [-0.4, -0.2) is 65.0 Å². The number of amides is 2. The fourth-order valence-electron chi connectivity index (χ4n) is 5.40. The van der Waals surface area contributed by atoms with Gasteiger partial charge in [0.25, 0.3) is 11.8 Å². The Morgan fingerprint density at radius 2 is 1.56 bits per heavy atom. The van der Waals surface area contributed by atoms with Crippen LogP contribution in [0.3, 0.4) is 0 Å². The smallest absolute Gasteiger partial charge is 0.254 e. The molecule has 0 bridgehead atoms. The van der Waals surface area contributed by atoms with E-state index in [0.717, 1.165) is 61.4 Å². The minimum Gasteiger partial charge on any atom is -0.381 e. The molecule has 34 heavy (non-hydrogen) atoms. The van der Waals surface area contributed by atoms with Crippen molar-refractivity contribution in [3.63, 3.8) is 0 Å². The summed E-state index contributed by atoms with van der Waals surface area (Å²) in [6.45, 7) is 11.5. The van der Waals surface area contributed by atoms with Crippen LogP contribution in [0, 0.1) is 25.7 Å². The first-order chi connectivity index (χ1) is 16.1. The van der Waals surface area contributed by atoms with Gasteiger partial charge in [-0.2, -0.15) is 0 Å². The van der Waals surface area contributed by atoms with E-state index in [1.807, 2.05) is 67.3 Å². The third kappa shape index (κ3) is 5.34. The van der Waals surface area contributed by atoms with E-state index >= 15 is 0 Å². The fraction of sp³-hybridized carbons (Fsp3) is 0.500. The summed E-state index contributed by atoms with van der Waals surface area (Å²) in [5.41, 5.74) is 2.58. The SMILES string of the molecule is Cc1cccc(C)c1C(=O)N1CC2CN(CCC(NC(=O)C(C)(C)O)c3ccccc3)CC2C1. The Bertz CT molecular complexity index is 997. The summed E-state index contributed by atoms with van der Waals surface area (Å²) in [5.74, 6) is 0.791. The highest BCUT2D eigenvalue weighted by Gasteiger charge is 2.42. The summed E-state index contributed by atoms with van der Waals surface area (Å²) < 4.78 is 0. The standard InChI is InChI=1S/C28H37N3O3/c1-19-9-8-10-20(2)25(19)26(32)31-17-22-15-30(16-23(22)18-31)14-13-24(21-11-6-5-7-12-21)29-27(33)28(3,4)34/h5-12,22-24,34H,13-18H2,1-4H3,(H,29,33). The van der Waals surface area contributed by atoms with Gasteiger partial charge < -0.3 is 20.2 Å². The lowest BCUT2D eigenvalue weighted by molar-refractivity contribution is -0.137. The normalized spacial score (nSPS) is 21.4. The molecule has 2 saturated heterocycles. The first-order valence-electron chi connectivity index (χ1n) is 12.3. The van der Waals surface area contributed by atoms with Gasteiger partial charge in [-0.05, 0) is 62.6 Å². The number of hydrogen-bond acceptors (Lipinski definition) is 4. The molecule has 3 atom stereocenters. The van der Waals surface area contributed by atoms with Crippen molar-refractivity contribution >= 4 is 11.8 Å². The minimum absolute atomic E-state index is 0.150. The minimum atomic E-state index is -1.41. The first-order valence-corrected chi connectivity index (χ1v) is 12.3. The quantitative estimate of drug-likeness (QED) is 0.661. The second-order valence-corrected chi connectivity index (χ2v) is 10.5. The zero-order chi connectivity index (χ0) is 24.5. The van der Waals surface area contributed by atoms with Crippen LogP contribution in [0.25, 0.3) is 0 Å². The van der Waals surface area contributed by atoms with Gasteiger partial charge in [0, 0.05) is 38.3 Å². The molecule has 0 aromatic heterocycles. The average Bonchev–Trinajstić information content (AvgIpc) is 3.35. The predicted octanol–water partition coefficient (Wildman–Crippen LogP) is 3.33. The van der Waals surface area contributed by atoms with Crippen LogP contribution in [0.1, 0.15) is 53.4 Å². The Hall–Kier alpha value is -2.70. The number of carbonyl (C=O) groups is 2. The summed E-state index contributed by atoms with van der Waals surface area (Å²) in [6.07, 6.45) is 0.774. The molecule has 6 nitrogen and oxygen atoms in total. The topological polar surface area (TPSA) is 72.9 Å². The molecule has 3 unspecified atom stereocenters. The Kier molecular flexibility index (Phi) is 7.10. The molecule has 2 heterocycles. The van der Waals surface area contributed by atoms with Gasteiger partial charge in [-0.1, -0.05) is 48.5 Å². The lowest BCUT2D eigenvalue weighted by Gasteiger charge is -2.27. The van der Waals surface area contributed by atoms with E-state index < -0.39 is 5.60 Å². The highest BCUT2D eigenvalue weighted by molar-refractivity contribution is 5.97. The maximum Gasteiger partial charge on any atom is 0.254 e. The Labute approximate surface area is 203 Å². The van der Waals surface area contributed by atoms with Crippen LogP contribution < -0.4 is 5.32 Å². The molecule has 2 N–H and O–H groups in total. The number of aryl methyl sites for hydroxylation is 2.